The third-order valence-electron chi connectivity index (χ3n) is 3.29. The Labute approximate surface area is 143 Å². The Kier molecular flexibility index (Phi) is 5.82. The van der Waals surface area contributed by atoms with Crippen LogP contribution >= 0.6 is 15.9 Å². The molecule has 0 heterocycles. The first kappa shape index (κ1) is 17.1. The zero-order valence-corrected chi connectivity index (χ0v) is 14.7. The monoisotopic (exact) mass is 376 g/mol. The van der Waals surface area contributed by atoms with E-state index in [1.165, 1.54) is 7.11 Å². The van der Waals surface area contributed by atoms with Crippen LogP contribution in [0.15, 0.2) is 40.9 Å². The van der Waals surface area contributed by atoms with Gasteiger partial charge in [0, 0.05) is 4.47 Å². The molecule has 0 amide bonds. The number of carbonyl (C=O) groups excluding carboxylic acids is 1. The van der Waals surface area contributed by atoms with Crippen LogP contribution in [0.3, 0.4) is 0 Å². The van der Waals surface area contributed by atoms with E-state index in [0.29, 0.717) is 17.1 Å². The van der Waals surface area contributed by atoms with Crippen LogP contribution in [0.5, 0.6) is 11.5 Å². The summed E-state index contributed by atoms with van der Waals surface area (Å²) in [6.45, 7) is 0. The Morgan fingerprint density at radius 2 is 1.57 bits per heavy atom. The van der Waals surface area contributed by atoms with E-state index in [-0.39, 0.29) is 5.97 Å². The average molecular weight is 377 g/mol. The molecule has 0 atom stereocenters. The molecule has 2 rings (SSSR count). The summed E-state index contributed by atoms with van der Waals surface area (Å²) in [7, 11) is 4.57. The van der Waals surface area contributed by atoms with Crippen molar-refractivity contribution in [3.63, 3.8) is 0 Å². The second kappa shape index (κ2) is 7.83. The van der Waals surface area contributed by atoms with Gasteiger partial charge in [0.1, 0.15) is 0 Å². The van der Waals surface area contributed by atoms with Crippen LogP contribution in [0.1, 0.15) is 21.5 Å². The van der Waals surface area contributed by atoms with Crippen molar-refractivity contribution in [2.24, 2.45) is 0 Å². The molecule has 0 N–H and O–H groups in total. The maximum atomic E-state index is 11.4. The van der Waals surface area contributed by atoms with Crippen molar-refractivity contribution >= 4 is 34.1 Å². The van der Waals surface area contributed by atoms with Crippen LogP contribution < -0.4 is 9.47 Å². The van der Waals surface area contributed by atoms with E-state index in [9.17, 15) is 4.79 Å². The fraction of sp³-hybridized carbons (Fsp3) is 0.167. The zero-order chi connectivity index (χ0) is 16.8. The smallest absolute Gasteiger partial charge is 0.337 e. The minimum atomic E-state index is -0.344. The molecule has 2 aromatic carbocycles. The van der Waals surface area contributed by atoms with Crippen molar-refractivity contribution in [3.05, 3.63) is 57.6 Å². The van der Waals surface area contributed by atoms with Gasteiger partial charge >= 0.3 is 5.97 Å². The number of hydrogen-bond acceptors (Lipinski definition) is 4. The molecule has 0 aliphatic carbocycles. The molecule has 2 aromatic rings. The van der Waals surface area contributed by atoms with E-state index < -0.39 is 0 Å². The van der Waals surface area contributed by atoms with Crippen LogP contribution in [0, 0.1) is 0 Å². The molecule has 0 radical (unpaired) electrons. The van der Waals surface area contributed by atoms with E-state index in [4.69, 9.17) is 9.47 Å². The number of benzene rings is 2. The average Bonchev–Trinajstić information content (AvgIpc) is 2.60. The molecule has 23 heavy (non-hydrogen) atoms. The first-order valence-corrected chi connectivity index (χ1v) is 7.66. The third-order valence-corrected chi connectivity index (χ3v) is 3.98. The lowest BCUT2D eigenvalue weighted by atomic mass is 10.1. The molecule has 0 aliphatic heterocycles. The van der Waals surface area contributed by atoms with E-state index in [0.717, 1.165) is 15.6 Å². The van der Waals surface area contributed by atoms with Crippen molar-refractivity contribution < 1.29 is 19.0 Å². The topological polar surface area (TPSA) is 44.8 Å². The summed E-state index contributed by atoms with van der Waals surface area (Å²) in [5.74, 6) is 0.985. The summed E-state index contributed by atoms with van der Waals surface area (Å²) in [5.41, 5.74) is 2.45. The molecule has 0 saturated heterocycles. The van der Waals surface area contributed by atoms with Gasteiger partial charge in [-0.15, -0.1) is 0 Å². The molecule has 0 fully saturated rings. The van der Waals surface area contributed by atoms with Gasteiger partial charge in [-0.1, -0.05) is 40.2 Å². The third kappa shape index (κ3) is 4.13. The number of carbonyl (C=O) groups is 1. The second-order valence-electron chi connectivity index (χ2n) is 4.68. The van der Waals surface area contributed by atoms with Crippen molar-refractivity contribution in [1.29, 1.82) is 0 Å². The molecule has 0 spiro atoms. The summed E-state index contributed by atoms with van der Waals surface area (Å²) >= 11 is 3.52. The van der Waals surface area contributed by atoms with Gasteiger partial charge in [0.05, 0.1) is 26.9 Å². The summed E-state index contributed by atoms with van der Waals surface area (Å²) in [5, 5.41) is 0. The summed E-state index contributed by atoms with van der Waals surface area (Å²) in [4.78, 5) is 11.4. The number of hydrogen-bond donors (Lipinski definition) is 0. The van der Waals surface area contributed by atoms with Crippen LogP contribution in [0.2, 0.25) is 0 Å². The van der Waals surface area contributed by atoms with Gasteiger partial charge in [0.25, 0.3) is 0 Å². The summed E-state index contributed by atoms with van der Waals surface area (Å²) in [6.07, 6.45) is 3.91. The van der Waals surface area contributed by atoms with Crippen molar-refractivity contribution in [1.82, 2.24) is 0 Å². The van der Waals surface area contributed by atoms with Gasteiger partial charge in [-0.25, -0.2) is 4.79 Å². The van der Waals surface area contributed by atoms with Gasteiger partial charge in [0.15, 0.2) is 11.5 Å². The SMILES string of the molecule is COC(=O)c1ccc(/C=C/c2cc(OC)c(OC)cc2Br)cc1. The first-order valence-electron chi connectivity index (χ1n) is 6.87. The molecule has 5 heteroatoms. The fourth-order valence-corrected chi connectivity index (χ4v) is 2.49. The lowest BCUT2D eigenvalue weighted by Crippen LogP contribution is -2.00. The van der Waals surface area contributed by atoms with E-state index in [1.807, 2.05) is 36.4 Å². The first-order chi connectivity index (χ1) is 11.1. The lowest BCUT2D eigenvalue weighted by Gasteiger charge is -2.09. The second-order valence-corrected chi connectivity index (χ2v) is 5.53. The highest BCUT2D eigenvalue weighted by Crippen LogP contribution is 2.34. The number of methoxy groups -OCH3 is 3. The molecule has 4 nitrogen and oxygen atoms in total. The van der Waals surface area contributed by atoms with Gasteiger partial charge in [-0.2, -0.15) is 0 Å². The highest BCUT2D eigenvalue weighted by atomic mass is 79.9. The van der Waals surface area contributed by atoms with Crippen molar-refractivity contribution in [2.75, 3.05) is 21.3 Å². The maximum Gasteiger partial charge on any atom is 0.337 e. The van der Waals surface area contributed by atoms with Gasteiger partial charge in [-0.3, -0.25) is 0 Å². The molecular formula is C18H17BrO4. The molecule has 0 bridgehead atoms. The largest absolute Gasteiger partial charge is 0.493 e. The normalized spacial score (nSPS) is 10.6. The molecule has 0 unspecified atom stereocenters. The van der Waals surface area contributed by atoms with E-state index in [2.05, 4.69) is 20.7 Å². The zero-order valence-electron chi connectivity index (χ0n) is 13.1. The predicted molar refractivity (Wildman–Crippen MR) is 94.0 cm³/mol. The molecular weight excluding hydrogens is 360 g/mol. The minimum Gasteiger partial charge on any atom is -0.493 e. The van der Waals surface area contributed by atoms with E-state index >= 15 is 0 Å². The predicted octanol–water partition coefficient (Wildman–Crippen LogP) is 4.42. The van der Waals surface area contributed by atoms with Crippen LogP contribution in [0.25, 0.3) is 12.2 Å². The fourth-order valence-electron chi connectivity index (χ4n) is 2.03. The molecule has 120 valence electrons. The van der Waals surface area contributed by atoms with Gasteiger partial charge in [-0.05, 0) is 35.4 Å². The highest BCUT2D eigenvalue weighted by Gasteiger charge is 2.08. The van der Waals surface area contributed by atoms with Crippen LogP contribution in [0.4, 0.5) is 0 Å². The number of rotatable bonds is 5. The molecule has 0 saturated carbocycles. The van der Waals surface area contributed by atoms with E-state index in [1.54, 1.807) is 26.4 Å². The van der Waals surface area contributed by atoms with Crippen LogP contribution in [-0.4, -0.2) is 27.3 Å². The standard InChI is InChI=1S/C18H17BrO4/c1-21-16-10-14(15(19)11-17(16)22-2)9-6-12-4-7-13(8-5-12)18(20)23-3/h4-11H,1-3H3/b9-6+. The summed E-state index contributed by atoms with van der Waals surface area (Å²) < 4.78 is 16.1. The van der Waals surface area contributed by atoms with Gasteiger partial charge < -0.3 is 14.2 Å². The quantitative estimate of drug-likeness (QED) is 0.572. The molecule has 0 aliphatic rings. The number of halogens is 1. The lowest BCUT2D eigenvalue weighted by molar-refractivity contribution is 0.0600. The van der Waals surface area contributed by atoms with Crippen molar-refractivity contribution in [2.45, 2.75) is 0 Å². The Morgan fingerprint density at radius 1 is 0.957 bits per heavy atom. The number of esters is 1. The number of ether oxygens (including phenoxy) is 3. The Bertz CT molecular complexity index is 721. The minimum absolute atomic E-state index is 0.344. The molecule has 0 aromatic heterocycles. The Hall–Kier alpha value is -2.27. The van der Waals surface area contributed by atoms with Crippen LogP contribution in [-0.2, 0) is 4.74 Å². The van der Waals surface area contributed by atoms with Crippen molar-refractivity contribution in [3.8, 4) is 11.5 Å². The Balaban J connectivity index is 2.24. The maximum absolute atomic E-state index is 11.4. The highest BCUT2D eigenvalue weighted by molar-refractivity contribution is 9.10. The Morgan fingerprint density at radius 3 is 2.13 bits per heavy atom. The van der Waals surface area contributed by atoms with Gasteiger partial charge in [0.2, 0.25) is 0 Å². The summed E-state index contributed by atoms with van der Waals surface area (Å²) in [6, 6.07) is 10.9.